The summed E-state index contributed by atoms with van der Waals surface area (Å²) in [6.07, 6.45) is 1.55. The van der Waals surface area contributed by atoms with Crippen LogP contribution in [-0.2, 0) is 21.2 Å². The lowest BCUT2D eigenvalue weighted by atomic mass is 10.0. The van der Waals surface area contributed by atoms with Crippen LogP contribution in [0.5, 0.6) is 5.75 Å². The molecule has 1 aliphatic rings. The Kier molecular flexibility index (Phi) is 6.76. The first kappa shape index (κ1) is 23.6. The second-order valence-electron chi connectivity index (χ2n) is 7.68. The maximum atomic E-state index is 13.3. The second kappa shape index (κ2) is 9.74. The molecule has 34 heavy (non-hydrogen) atoms. The SMILES string of the molecule is NC(=O)c1ccc(NC(=O)COc2ccc(S(=O)(=O)N3CCCc4ccccc43)cc2Cl)cc1. The van der Waals surface area contributed by atoms with Gasteiger partial charge in [-0.05, 0) is 66.9 Å². The molecule has 176 valence electrons. The second-order valence-corrected chi connectivity index (χ2v) is 9.95. The minimum atomic E-state index is -3.82. The van der Waals surface area contributed by atoms with Gasteiger partial charge in [0, 0.05) is 17.8 Å². The molecule has 0 fully saturated rings. The van der Waals surface area contributed by atoms with Crippen LogP contribution in [-0.4, -0.2) is 33.4 Å². The lowest BCUT2D eigenvalue weighted by Gasteiger charge is -2.30. The number of rotatable bonds is 7. The summed E-state index contributed by atoms with van der Waals surface area (Å²) in [5.41, 5.74) is 7.64. The monoisotopic (exact) mass is 499 g/mol. The van der Waals surface area contributed by atoms with E-state index in [9.17, 15) is 18.0 Å². The number of benzene rings is 3. The van der Waals surface area contributed by atoms with E-state index in [4.69, 9.17) is 22.1 Å². The van der Waals surface area contributed by atoms with Gasteiger partial charge in [-0.3, -0.25) is 13.9 Å². The molecule has 10 heteroatoms. The van der Waals surface area contributed by atoms with E-state index in [0.29, 0.717) is 23.5 Å². The lowest BCUT2D eigenvalue weighted by molar-refractivity contribution is -0.118. The molecule has 0 saturated carbocycles. The molecule has 4 rings (SSSR count). The minimum absolute atomic E-state index is 0.0422. The van der Waals surface area contributed by atoms with Crippen LogP contribution in [0.25, 0.3) is 0 Å². The van der Waals surface area contributed by atoms with Gasteiger partial charge in [0.1, 0.15) is 5.75 Å². The number of halogens is 1. The van der Waals surface area contributed by atoms with E-state index in [1.54, 1.807) is 18.2 Å². The molecular weight excluding hydrogens is 478 g/mol. The summed E-state index contributed by atoms with van der Waals surface area (Å²) >= 11 is 6.28. The number of fused-ring (bicyclic) bond motifs is 1. The average molecular weight is 500 g/mol. The van der Waals surface area contributed by atoms with Crippen molar-refractivity contribution in [3.63, 3.8) is 0 Å². The summed E-state index contributed by atoms with van der Waals surface area (Å²) in [6, 6.07) is 17.7. The van der Waals surface area contributed by atoms with Crippen LogP contribution in [0.15, 0.2) is 71.6 Å². The van der Waals surface area contributed by atoms with Crippen molar-refractivity contribution in [2.45, 2.75) is 17.7 Å². The Balaban J connectivity index is 1.43. The molecule has 2 amide bonds. The quantitative estimate of drug-likeness (QED) is 0.515. The molecule has 0 saturated heterocycles. The van der Waals surface area contributed by atoms with Gasteiger partial charge in [-0.1, -0.05) is 29.8 Å². The Hall–Kier alpha value is -3.56. The van der Waals surface area contributed by atoms with Crippen molar-refractivity contribution in [3.8, 4) is 5.75 Å². The Morgan fingerprint density at radius 1 is 1.06 bits per heavy atom. The van der Waals surface area contributed by atoms with Crippen molar-refractivity contribution in [3.05, 3.63) is 82.9 Å². The van der Waals surface area contributed by atoms with Crippen LogP contribution >= 0.6 is 11.6 Å². The number of carbonyl (C=O) groups excluding carboxylic acids is 2. The first-order valence-electron chi connectivity index (χ1n) is 10.5. The summed E-state index contributed by atoms with van der Waals surface area (Å²) in [7, 11) is -3.82. The number of nitrogens with two attached hydrogens (primary N) is 1. The molecule has 3 N–H and O–H groups in total. The zero-order chi connectivity index (χ0) is 24.3. The molecule has 3 aromatic rings. The highest BCUT2D eigenvalue weighted by atomic mass is 35.5. The number of primary amides is 1. The predicted molar refractivity (Wildman–Crippen MR) is 130 cm³/mol. The summed E-state index contributed by atoms with van der Waals surface area (Å²) in [5.74, 6) is -0.839. The highest BCUT2D eigenvalue weighted by molar-refractivity contribution is 7.92. The Morgan fingerprint density at radius 3 is 2.50 bits per heavy atom. The first-order chi connectivity index (χ1) is 16.3. The molecule has 8 nitrogen and oxygen atoms in total. The fraction of sp³-hybridized carbons (Fsp3) is 0.167. The van der Waals surface area contributed by atoms with E-state index in [0.717, 1.165) is 18.4 Å². The van der Waals surface area contributed by atoms with E-state index in [1.165, 1.54) is 34.6 Å². The van der Waals surface area contributed by atoms with Gasteiger partial charge in [0.25, 0.3) is 15.9 Å². The van der Waals surface area contributed by atoms with Gasteiger partial charge in [0.2, 0.25) is 5.91 Å². The number of aryl methyl sites for hydroxylation is 1. The fourth-order valence-corrected chi connectivity index (χ4v) is 5.56. The van der Waals surface area contributed by atoms with Crippen LogP contribution in [0.1, 0.15) is 22.3 Å². The number of hydrogen-bond acceptors (Lipinski definition) is 5. The molecule has 1 aliphatic heterocycles. The normalized spacial score (nSPS) is 13.1. The van der Waals surface area contributed by atoms with E-state index < -0.39 is 21.8 Å². The minimum Gasteiger partial charge on any atom is -0.482 e. The molecular formula is C24H22ClN3O5S. The largest absolute Gasteiger partial charge is 0.482 e. The number of nitrogens with zero attached hydrogens (tertiary/aromatic N) is 1. The maximum absolute atomic E-state index is 13.3. The van der Waals surface area contributed by atoms with Crippen molar-refractivity contribution in [2.24, 2.45) is 5.73 Å². The number of hydrogen-bond donors (Lipinski definition) is 2. The van der Waals surface area contributed by atoms with Crippen LogP contribution < -0.4 is 20.1 Å². The van der Waals surface area contributed by atoms with E-state index >= 15 is 0 Å². The van der Waals surface area contributed by atoms with Crippen LogP contribution in [0, 0.1) is 0 Å². The average Bonchev–Trinajstić information content (AvgIpc) is 2.83. The van der Waals surface area contributed by atoms with E-state index in [-0.39, 0.29) is 22.3 Å². The summed E-state index contributed by atoms with van der Waals surface area (Å²) in [6.45, 7) is 0.0404. The van der Waals surface area contributed by atoms with Gasteiger partial charge >= 0.3 is 0 Å². The van der Waals surface area contributed by atoms with Crippen LogP contribution in [0.4, 0.5) is 11.4 Å². The van der Waals surface area contributed by atoms with Crippen molar-refractivity contribution < 1.29 is 22.7 Å². The molecule has 0 aromatic heterocycles. The number of para-hydroxylation sites is 1. The number of sulfonamides is 1. The molecule has 0 spiro atoms. The van der Waals surface area contributed by atoms with Crippen molar-refractivity contribution >= 4 is 44.8 Å². The fourth-order valence-electron chi connectivity index (χ4n) is 3.69. The summed E-state index contributed by atoms with van der Waals surface area (Å²) in [5, 5.41) is 2.70. The Labute approximate surface area is 202 Å². The van der Waals surface area contributed by atoms with Crippen LogP contribution in [0.3, 0.4) is 0 Å². The first-order valence-corrected chi connectivity index (χ1v) is 12.3. The number of anilines is 2. The molecule has 3 aromatic carbocycles. The van der Waals surface area contributed by atoms with Gasteiger partial charge in [0.15, 0.2) is 6.61 Å². The van der Waals surface area contributed by atoms with Gasteiger partial charge in [-0.25, -0.2) is 8.42 Å². The maximum Gasteiger partial charge on any atom is 0.264 e. The third kappa shape index (κ3) is 5.00. The Bertz CT molecular complexity index is 1340. The number of nitrogens with one attached hydrogen (secondary N) is 1. The standard InChI is InChI=1S/C24H22ClN3O5S/c25-20-14-19(34(31,32)28-13-3-5-16-4-1-2-6-21(16)28)11-12-22(20)33-15-23(29)27-18-9-7-17(8-10-18)24(26)30/h1-2,4,6-12,14H,3,5,13,15H2,(H2,26,30)(H,27,29). The van der Waals surface area contributed by atoms with Gasteiger partial charge in [0.05, 0.1) is 15.6 Å². The van der Waals surface area contributed by atoms with E-state index in [2.05, 4.69) is 5.32 Å². The Morgan fingerprint density at radius 2 is 1.79 bits per heavy atom. The van der Waals surface area contributed by atoms with Gasteiger partial charge in [-0.2, -0.15) is 0 Å². The molecule has 0 unspecified atom stereocenters. The lowest BCUT2D eigenvalue weighted by Crippen LogP contribution is -2.35. The third-order valence-corrected chi connectivity index (χ3v) is 7.48. The predicted octanol–water partition coefficient (Wildman–Crippen LogP) is 3.60. The topological polar surface area (TPSA) is 119 Å². The number of amides is 2. The smallest absolute Gasteiger partial charge is 0.264 e. The zero-order valence-corrected chi connectivity index (χ0v) is 19.6. The molecule has 0 radical (unpaired) electrons. The highest BCUT2D eigenvalue weighted by Crippen LogP contribution is 2.34. The number of carbonyl (C=O) groups is 2. The highest BCUT2D eigenvalue weighted by Gasteiger charge is 2.29. The van der Waals surface area contributed by atoms with Gasteiger partial charge < -0.3 is 15.8 Å². The third-order valence-electron chi connectivity index (χ3n) is 5.37. The number of ether oxygens (including phenoxy) is 1. The molecule has 0 aliphatic carbocycles. The summed E-state index contributed by atoms with van der Waals surface area (Å²) in [4.78, 5) is 23.4. The zero-order valence-electron chi connectivity index (χ0n) is 18.0. The van der Waals surface area contributed by atoms with Crippen molar-refractivity contribution in [2.75, 3.05) is 22.8 Å². The van der Waals surface area contributed by atoms with Crippen molar-refractivity contribution in [1.82, 2.24) is 0 Å². The van der Waals surface area contributed by atoms with Crippen LogP contribution in [0.2, 0.25) is 5.02 Å². The summed E-state index contributed by atoms with van der Waals surface area (Å²) < 4.78 is 33.4. The van der Waals surface area contributed by atoms with Gasteiger partial charge in [-0.15, -0.1) is 0 Å². The molecule has 0 bridgehead atoms. The molecule has 0 atom stereocenters. The molecule has 1 heterocycles. The van der Waals surface area contributed by atoms with Crippen molar-refractivity contribution in [1.29, 1.82) is 0 Å². The van der Waals surface area contributed by atoms with E-state index in [1.807, 2.05) is 18.2 Å².